The van der Waals surface area contributed by atoms with Gasteiger partial charge >= 0.3 is 5.97 Å². The summed E-state index contributed by atoms with van der Waals surface area (Å²) < 4.78 is 24.3. The van der Waals surface area contributed by atoms with Crippen LogP contribution in [0.2, 0.25) is 37.8 Å². The van der Waals surface area contributed by atoms with Crippen molar-refractivity contribution in [2.75, 3.05) is 7.11 Å². The molecule has 224 valence electrons. The molecule has 8 heteroatoms. The predicted molar refractivity (Wildman–Crippen MR) is 167 cm³/mol. The Morgan fingerprint density at radius 3 is 2.17 bits per heavy atom. The molecule has 0 spiro atoms. The standard InChI is InChI=1S/C32H52O6Si2/c1-23-18-19-26(21-27(23)37-40(11,12)31(3,4)5)24(2)20-28(36-22-25-16-14-13-15-17-25)29(33)32(6,30(34)35-7)38-39(8,9)10/h13-18,26-28H,2,19-22H2,1,3-12H3/t26-,27?,28-,32+/m1/s1. The number of hydrogen-bond acceptors (Lipinski definition) is 6. The van der Waals surface area contributed by atoms with E-state index in [1.54, 1.807) is 0 Å². The fraction of sp³-hybridized carbons (Fsp3) is 0.625. The first kappa shape index (κ1) is 34.4. The van der Waals surface area contributed by atoms with Crippen LogP contribution in [0.3, 0.4) is 0 Å². The summed E-state index contributed by atoms with van der Waals surface area (Å²) in [7, 11) is -3.01. The van der Waals surface area contributed by atoms with Crippen molar-refractivity contribution >= 4 is 28.4 Å². The van der Waals surface area contributed by atoms with Crippen molar-refractivity contribution in [2.45, 2.75) is 116 Å². The normalized spacial score (nSPS) is 20.7. The first-order valence-electron chi connectivity index (χ1n) is 14.3. The summed E-state index contributed by atoms with van der Waals surface area (Å²) in [4.78, 5) is 27.1. The number of hydrogen-bond donors (Lipinski definition) is 0. The minimum absolute atomic E-state index is 0.0198. The van der Waals surface area contributed by atoms with E-state index in [9.17, 15) is 9.59 Å². The number of ether oxygens (including phenoxy) is 2. The highest BCUT2D eigenvalue weighted by Gasteiger charge is 2.50. The summed E-state index contributed by atoms with van der Waals surface area (Å²) in [6.07, 6.45) is 3.28. The largest absolute Gasteiger partial charge is 0.467 e. The fourth-order valence-electron chi connectivity index (χ4n) is 4.72. The molecule has 0 aromatic heterocycles. The van der Waals surface area contributed by atoms with Crippen molar-refractivity contribution in [3.05, 3.63) is 59.7 Å². The van der Waals surface area contributed by atoms with Gasteiger partial charge < -0.3 is 18.3 Å². The van der Waals surface area contributed by atoms with E-state index in [1.165, 1.54) is 19.6 Å². The molecule has 0 bridgehead atoms. The van der Waals surface area contributed by atoms with Gasteiger partial charge in [-0.1, -0.05) is 69.3 Å². The molecule has 0 heterocycles. The summed E-state index contributed by atoms with van der Waals surface area (Å²) in [5, 5.41) is 0.106. The van der Waals surface area contributed by atoms with Gasteiger partial charge in [0.2, 0.25) is 11.4 Å². The van der Waals surface area contributed by atoms with Crippen LogP contribution in [0.15, 0.2) is 54.1 Å². The summed E-state index contributed by atoms with van der Waals surface area (Å²) in [5.41, 5.74) is 1.34. The molecule has 4 atom stereocenters. The Balaban J connectivity index is 2.32. The maximum atomic E-state index is 14.1. The van der Waals surface area contributed by atoms with Gasteiger partial charge in [0.05, 0.1) is 19.8 Å². The molecule has 0 N–H and O–H groups in total. The van der Waals surface area contributed by atoms with Crippen LogP contribution >= 0.6 is 0 Å². The Hall–Kier alpha value is -1.85. The molecule has 0 saturated heterocycles. The monoisotopic (exact) mass is 588 g/mol. The summed E-state index contributed by atoms with van der Waals surface area (Å²) >= 11 is 0. The number of allylic oxidation sites excluding steroid dienone is 1. The molecule has 1 unspecified atom stereocenters. The second kappa shape index (κ2) is 13.4. The number of ketones is 1. The second-order valence-corrected chi connectivity index (χ2v) is 22.9. The molecule has 40 heavy (non-hydrogen) atoms. The third kappa shape index (κ3) is 9.08. The molecular formula is C32H52O6Si2. The molecule has 0 aliphatic heterocycles. The van der Waals surface area contributed by atoms with Crippen LogP contribution in [0.4, 0.5) is 0 Å². The zero-order valence-electron chi connectivity index (χ0n) is 26.7. The SMILES string of the molecule is C=C(C[C@@H](OCc1ccccc1)C(=O)[C@](C)(O[Si](C)(C)C)C(=O)OC)[C@@H]1CC=C(C)C(O[Si](C)(C)C(C)(C)C)C1. The number of methoxy groups -OCH3 is 1. The second-order valence-electron chi connectivity index (χ2n) is 13.7. The van der Waals surface area contributed by atoms with Crippen LogP contribution in [0.5, 0.6) is 0 Å². The predicted octanol–water partition coefficient (Wildman–Crippen LogP) is 7.62. The van der Waals surface area contributed by atoms with Crippen LogP contribution in [0.1, 0.15) is 59.4 Å². The van der Waals surface area contributed by atoms with Crippen LogP contribution in [-0.4, -0.2) is 53.3 Å². The lowest BCUT2D eigenvalue weighted by atomic mass is 9.80. The van der Waals surface area contributed by atoms with E-state index in [0.717, 1.165) is 24.0 Å². The summed E-state index contributed by atoms with van der Waals surface area (Å²) in [6.45, 7) is 25.4. The first-order valence-corrected chi connectivity index (χ1v) is 20.6. The molecule has 1 aromatic carbocycles. The fourth-order valence-corrected chi connectivity index (χ4v) is 7.47. The maximum Gasteiger partial charge on any atom is 0.344 e. The van der Waals surface area contributed by atoms with Crippen LogP contribution < -0.4 is 0 Å². The van der Waals surface area contributed by atoms with Crippen molar-refractivity contribution in [2.24, 2.45) is 5.92 Å². The number of benzene rings is 1. The average molecular weight is 589 g/mol. The average Bonchev–Trinajstić information content (AvgIpc) is 2.85. The Morgan fingerprint density at radius 1 is 1.05 bits per heavy atom. The summed E-state index contributed by atoms with van der Waals surface area (Å²) in [6, 6.07) is 9.70. The molecule has 1 aliphatic rings. The molecule has 0 amide bonds. The molecule has 0 radical (unpaired) electrons. The Morgan fingerprint density at radius 2 is 1.65 bits per heavy atom. The van der Waals surface area contributed by atoms with E-state index in [0.29, 0.717) is 0 Å². The van der Waals surface area contributed by atoms with E-state index in [2.05, 4.69) is 53.4 Å². The number of esters is 1. The topological polar surface area (TPSA) is 71.1 Å². The molecule has 1 aliphatic carbocycles. The van der Waals surface area contributed by atoms with Gasteiger partial charge in [-0.25, -0.2) is 4.79 Å². The molecule has 0 saturated carbocycles. The van der Waals surface area contributed by atoms with E-state index < -0.39 is 40.1 Å². The highest BCUT2D eigenvalue weighted by molar-refractivity contribution is 6.74. The molecule has 2 rings (SSSR count). The molecule has 6 nitrogen and oxygen atoms in total. The van der Waals surface area contributed by atoms with E-state index in [1.807, 2.05) is 50.0 Å². The molecule has 0 fully saturated rings. The van der Waals surface area contributed by atoms with Gasteiger partial charge in [-0.05, 0) is 81.5 Å². The maximum absolute atomic E-state index is 14.1. The van der Waals surface area contributed by atoms with Gasteiger partial charge in [0.15, 0.2) is 16.6 Å². The smallest absolute Gasteiger partial charge is 0.344 e. The quantitative estimate of drug-likeness (QED) is 0.102. The first-order chi connectivity index (χ1) is 18.3. The van der Waals surface area contributed by atoms with E-state index >= 15 is 0 Å². The van der Waals surface area contributed by atoms with E-state index in [4.69, 9.17) is 18.3 Å². The van der Waals surface area contributed by atoms with Crippen LogP contribution in [-0.2, 0) is 34.5 Å². The lowest BCUT2D eigenvalue weighted by molar-refractivity contribution is -0.169. The Labute approximate surface area is 244 Å². The lowest BCUT2D eigenvalue weighted by Crippen LogP contribution is -2.56. The van der Waals surface area contributed by atoms with Crippen molar-refractivity contribution in [3.63, 3.8) is 0 Å². The lowest BCUT2D eigenvalue weighted by Gasteiger charge is -2.42. The van der Waals surface area contributed by atoms with Gasteiger partial charge in [-0.2, -0.15) is 0 Å². The van der Waals surface area contributed by atoms with Gasteiger partial charge in [-0.3, -0.25) is 4.79 Å². The minimum atomic E-state index is -2.31. The number of rotatable bonds is 13. The highest BCUT2D eigenvalue weighted by atomic mass is 28.4. The van der Waals surface area contributed by atoms with Gasteiger partial charge in [-0.15, -0.1) is 0 Å². The van der Waals surface area contributed by atoms with Crippen molar-refractivity contribution in [1.82, 2.24) is 0 Å². The van der Waals surface area contributed by atoms with Crippen LogP contribution in [0, 0.1) is 5.92 Å². The van der Waals surface area contributed by atoms with Crippen molar-refractivity contribution in [1.29, 1.82) is 0 Å². The van der Waals surface area contributed by atoms with Crippen molar-refractivity contribution < 1.29 is 27.9 Å². The highest BCUT2D eigenvalue weighted by Crippen LogP contribution is 2.41. The van der Waals surface area contributed by atoms with Gasteiger partial charge in [0, 0.05) is 6.42 Å². The zero-order chi connectivity index (χ0) is 30.5. The van der Waals surface area contributed by atoms with E-state index in [-0.39, 0.29) is 30.1 Å². The minimum Gasteiger partial charge on any atom is -0.467 e. The van der Waals surface area contributed by atoms with Gasteiger partial charge in [0.25, 0.3) is 0 Å². The number of carbonyl (C=O) groups excluding carboxylic acids is 2. The third-order valence-corrected chi connectivity index (χ3v) is 13.6. The van der Waals surface area contributed by atoms with Crippen LogP contribution in [0.25, 0.3) is 0 Å². The Kier molecular flexibility index (Phi) is 11.5. The Bertz CT molecular complexity index is 1070. The number of Topliss-reactive ketones (excluding diaryl/α,β-unsaturated/α-hetero) is 1. The van der Waals surface area contributed by atoms with Gasteiger partial charge in [0.1, 0.15) is 6.10 Å². The third-order valence-electron chi connectivity index (χ3n) is 8.14. The zero-order valence-corrected chi connectivity index (χ0v) is 28.7. The van der Waals surface area contributed by atoms with Crippen molar-refractivity contribution in [3.8, 4) is 0 Å². The number of carbonyl (C=O) groups is 2. The molecular weight excluding hydrogens is 537 g/mol. The molecule has 1 aromatic rings. The summed E-state index contributed by atoms with van der Waals surface area (Å²) in [5.74, 6) is -1.01.